The quantitative estimate of drug-likeness (QED) is 0.461. The molecule has 2 heterocycles. The van der Waals surface area contributed by atoms with E-state index in [2.05, 4.69) is 32.6 Å². The molecule has 0 spiro atoms. The molecule has 0 fully saturated rings. The zero-order valence-corrected chi connectivity index (χ0v) is 15.2. The highest BCUT2D eigenvalue weighted by Gasteiger charge is 2.14. The molecule has 130 valence electrons. The van der Waals surface area contributed by atoms with Crippen molar-refractivity contribution in [1.82, 2.24) is 20.2 Å². The van der Waals surface area contributed by atoms with Crippen LogP contribution in [-0.4, -0.2) is 35.6 Å². The van der Waals surface area contributed by atoms with E-state index >= 15 is 0 Å². The number of hydrogen-bond donors (Lipinski definition) is 2. The molecule has 1 aliphatic rings. The number of aromatic nitrogens is 2. The maximum Gasteiger partial charge on any atom is 0.191 e. The molecule has 2 aromatic rings. The summed E-state index contributed by atoms with van der Waals surface area (Å²) in [6.45, 7) is 2.74. The van der Waals surface area contributed by atoms with Gasteiger partial charge in [-0.2, -0.15) is 0 Å². The van der Waals surface area contributed by atoms with E-state index in [9.17, 15) is 0 Å². The van der Waals surface area contributed by atoms with E-state index in [0.717, 1.165) is 38.4 Å². The van der Waals surface area contributed by atoms with E-state index in [1.807, 2.05) is 30.5 Å². The first-order valence-corrected chi connectivity index (χ1v) is 9.69. The standard InChI is InChI=1S/C18H27N5S/c1-19-18(21-11-14-23-12-4-5-13-23)20-10-6-9-17-22-15-7-2-3-8-16(15)24-17/h4-5,12-13H,2-3,6-11,14H2,1H3,(H2,19,20,21). The molecule has 2 N–H and O–H groups in total. The second-order valence-electron chi connectivity index (χ2n) is 6.13. The lowest BCUT2D eigenvalue weighted by molar-refractivity contribution is 0.659. The number of nitrogens with one attached hydrogen (secondary N) is 2. The molecule has 0 bridgehead atoms. The third kappa shape index (κ3) is 4.84. The summed E-state index contributed by atoms with van der Waals surface area (Å²) in [5, 5.41) is 8.04. The van der Waals surface area contributed by atoms with Crippen molar-refractivity contribution in [2.45, 2.75) is 45.1 Å². The lowest BCUT2D eigenvalue weighted by Gasteiger charge is -2.11. The van der Waals surface area contributed by atoms with Crippen molar-refractivity contribution in [3.8, 4) is 0 Å². The number of hydrogen-bond acceptors (Lipinski definition) is 3. The summed E-state index contributed by atoms with van der Waals surface area (Å²) in [6, 6.07) is 4.09. The van der Waals surface area contributed by atoms with Gasteiger partial charge in [0.1, 0.15) is 0 Å². The monoisotopic (exact) mass is 345 g/mol. The molecule has 0 saturated heterocycles. The summed E-state index contributed by atoms with van der Waals surface area (Å²) in [5.74, 6) is 0.876. The summed E-state index contributed by atoms with van der Waals surface area (Å²) in [6.07, 6.45) is 11.4. The van der Waals surface area contributed by atoms with Crippen LogP contribution in [0.4, 0.5) is 0 Å². The fourth-order valence-electron chi connectivity index (χ4n) is 3.00. The van der Waals surface area contributed by atoms with Crippen LogP contribution in [0.25, 0.3) is 0 Å². The lowest BCUT2D eigenvalue weighted by atomic mass is 10.0. The van der Waals surface area contributed by atoms with Gasteiger partial charge in [-0.05, 0) is 44.2 Å². The summed E-state index contributed by atoms with van der Waals surface area (Å²) in [4.78, 5) is 10.6. The number of nitrogens with zero attached hydrogens (tertiary/aromatic N) is 3. The lowest BCUT2D eigenvalue weighted by Crippen LogP contribution is -2.39. The topological polar surface area (TPSA) is 54.2 Å². The first kappa shape index (κ1) is 17.0. The number of thiazole rings is 1. The molecule has 0 aliphatic heterocycles. The van der Waals surface area contributed by atoms with E-state index in [4.69, 9.17) is 4.98 Å². The van der Waals surface area contributed by atoms with Crippen LogP contribution in [-0.2, 0) is 25.8 Å². The second kappa shape index (κ2) is 8.87. The van der Waals surface area contributed by atoms with Gasteiger partial charge in [0.25, 0.3) is 0 Å². The van der Waals surface area contributed by atoms with Crippen LogP contribution >= 0.6 is 11.3 Å². The number of guanidine groups is 1. The summed E-state index contributed by atoms with van der Waals surface area (Å²) in [7, 11) is 1.82. The number of aliphatic imine (C=N–C) groups is 1. The molecule has 2 aromatic heterocycles. The zero-order valence-electron chi connectivity index (χ0n) is 14.4. The van der Waals surface area contributed by atoms with E-state index in [1.54, 1.807) is 0 Å². The van der Waals surface area contributed by atoms with Crippen molar-refractivity contribution >= 4 is 17.3 Å². The van der Waals surface area contributed by atoms with E-state index in [0.29, 0.717) is 0 Å². The van der Waals surface area contributed by atoms with Gasteiger partial charge in [-0.1, -0.05) is 0 Å². The molecule has 0 saturated carbocycles. The van der Waals surface area contributed by atoms with Gasteiger partial charge >= 0.3 is 0 Å². The molecule has 0 radical (unpaired) electrons. The van der Waals surface area contributed by atoms with Gasteiger partial charge in [0, 0.05) is 50.4 Å². The maximum absolute atomic E-state index is 4.81. The van der Waals surface area contributed by atoms with Crippen molar-refractivity contribution in [3.63, 3.8) is 0 Å². The molecule has 3 rings (SSSR count). The number of aryl methyl sites for hydroxylation is 3. The first-order valence-electron chi connectivity index (χ1n) is 8.88. The third-order valence-electron chi connectivity index (χ3n) is 4.30. The van der Waals surface area contributed by atoms with Gasteiger partial charge in [0.05, 0.1) is 10.7 Å². The Labute approximate surface area is 148 Å². The van der Waals surface area contributed by atoms with Crippen LogP contribution in [0.5, 0.6) is 0 Å². The Morgan fingerprint density at radius 3 is 2.79 bits per heavy atom. The Bertz CT molecular complexity index is 621. The van der Waals surface area contributed by atoms with Gasteiger partial charge in [0.2, 0.25) is 0 Å². The fourth-order valence-corrected chi connectivity index (χ4v) is 4.20. The second-order valence-corrected chi connectivity index (χ2v) is 7.30. The molecule has 0 unspecified atom stereocenters. The van der Waals surface area contributed by atoms with Crippen molar-refractivity contribution in [2.75, 3.05) is 20.1 Å². The number of rotatable bonds is 7. The van der Waals surface area contributed by atoms with Crippen LogP contribution < -0.4 is 10.6 Å². The molecule has 6 heteroatoms. The zero-order chi connectivity index (χ0) is 16.6. The fraction of sp³-hybridized carbons (Fsp3) is 0.556. The molecule has 24 heavy (non-hydrogen) atoms. The predicted octanol–water partition coefficient (Wildman–Crippen LogP) is 2.62. The Hall–Kier alpha value is -1.82. The number of fused-ring (bicyclic) bond motifs is 1. The first-order chi connectivity index (χ1) is 11.8. The van der Waals surface area contributed by atoms with Crippen LogP contribution in [0.3, 0.4) is 0 Å². The van der Waals surface area contributed by atoms with Crippen molar-refractivity contribution in [2.24, 2.45) is 4.99 Å². The van der Waals surface area contributed by atoms with E-state index in [-0.39, 0.29) is 0 Å². The van der Waals surface area contributed by atoms with Crippen LogP contribution in [0.2, 0.25) is 0 Å². The van der Waals surface area contributed by atoms with Crippen LogP contribution in [0.1, 0.15) is 34.8 Å². The third-order valence-corrected chi connectivity index (χ3v) is 5.52. The summed E-state index contributed by atoms with van der Waals surface area (Å²) < 4.78 is 2.16. The van der Waals surface area contributed by atoms with Gasteiger partial charge in [-0.25, -0.2) is 4.98 Å². The average Bonchev–Trinajstić information content (AvgIpc) is 3.25. The maximum atomic E-state index is 4.81. The normalized spacial score (nSPS) is 14.5. The van der Waals surface area contributed by atoms with Crippen LogP contribution in [0, 0.1) is 0 Å². The molecular weight excluding hydrogens is 318 g/mol. The molecule has 0 atom stereocenters. The highest BCUT2D eigenvalue weighted by molar-refractivity contribution is 7.11. The predicted molar refractivity (Wildman–Crippen MR) is 101 cm³/mol. The highest BCUT2D eigenvalue weighted by Crippen LogP contribution is 2.27. The Morgan fingerprint density at radius 2 is 2.00 bits per heavy atom. The minimum atomic E-state index is 0.869. The molecular formula is C18H27N5S. The Kier molecular flexibility index (Phi) is 6.29. The molecule has 0 aromatic carbocycles. The van der Waals surface area contributed by atoms with Gasteiger partial charge in [0.15, 0.2) is 5.96 Å². The summed E-state index contributed by atoms with van der Waals surface area (Å²) in [5.41, 5.74) is 1.37. The van der Waals surface area contributed by atoms with Gasteiger partial charge in [-0.3, -0.25) is 4.99 Å². The summed E-state index contributed by atoms with van der Waals surface area (Å²) >= 11 is 1.92. The smallest absolute Gasteiger partial charge is 0.191 e. The minimum Gasteiger partial charge on any atom is -0.356 e. The highest BCUT2D eigenvalue weighted by atomic mass is 32.1. The average molecular weight is 346 g/mol. The van der Waals surface area contributed by atoms with E-state index < -0.39 is 0 Å². The van der Waals surface area contributed by atoms with Crippen molar-refractivity contribution in [1.29, 1.82) is 0 Å². The largest absolute Gasteiger partial charge is 0.356 e. The molecule has 1 aliphatic carbocycles. The van der Waals surface area contributed by atoms with Gasteiger partial charge in [-0.15, -0.1) is 11.3 Å². The molecule has 5 nitrogen and oxygen atoms in total. The van der Waals surface area contributed by atoms with Crippen LogP contribution in [0.15, 0.2) is 29.5 Å². The SMILES string of the molecule is CN=C(NCCCc1nc2c(s1)CCCC2)NCCn1cccc1. The van der Waals surface area contributed by atoms with Crippen molar-refractivity contribution in [3.05, 3.63) is 40.1 Å². The van der Waals surface area contributed by atoms with E-state index in [1.165, 1.54) is 41.3 Å². The Morgan fingerprint density at radius 1 is 1.21 bits per heavy atom. The Balaban J connectivity index is 1.33. The van der Waals surface area contributed by atoms with Gasteiger partial charge < -0.3 is 15.2 Å². The minimum absolute atomic E-state index is 0.869. The molecule has 0 amide bonds. The van der Waals surface area contributed by atoms with Crippen molar-refractivity contribution < 1.29 is 0 Å².